The van der Waals surface area contributed by atoms with Gasteiger partial charge in [0.15, 0.2) is 0 Å². The molecule has 2 rings (SSSR count). The predicted molar refractivity (Wildman–Crippen MR) is 84.0 cm³/mol. The average Bonchev–Trinajstić information content (AvgIpc) is 2.62. The molecular formula is C13H22I2. The summed E-state index contributed by atoms with van der Waals surface area (Å²) < 4.78 is 2.18. The van der Waals surface area contributed by atoms with Gasteiger partial charge in [0.1, 0.15) is 0 Å². The first-order valence-corrected chi connectivity index (χ1v) is 8.90. The van der Waals surface area contributed by atoms with Gasteiger partial charge in [-0.25, -0.2) is 0 Å². The summed E-state index contributed by atoms with van der Waals surface area (Å²) in [4.78, 5) is 0. The Morgan fingerprint density at radius 3 is 2.47 bits per heavy atom. The molecule has 2 saturated carbocycles. The van der Waals surface area contributed by atoms with Crippen LogP contribution in [-0.4, -0.2) is 8.35 Å². The molecule has 2 heteroatoms. The zero-order valence-electron chi connectivity index (χ0n) is 10.2. The summed E-state index contributed by atoms with van der Waals surface area (Å²) in [6.45, 7) is 9.91. The van der Waals surface area contributed by atoms with Gasteiger partial charge in [0.05, 0.1) is 0 Å². The summed E-state index contributed by atoms with van der Waals surface area (Å²) in [5, 5.41) is 0. The smallest absolute Gasteiger partial charge is 0.0140 e. The summed E-state index contributed by atoms with van der Waals surface area (Å²) in [6, 6.07) is 0. The standard InChI is InChI=1S/C13H22I2/c1-5-12(3,8(2)15)13(4)10-6-9(7-14)11(10)13/h8-11H,5-7H2,1-4H3/t8?,9-,10+,11+,12-,13+/m0/s1. The quantitative estimate of drug-likeness (QED) is 0.437. The van der Waals surface area contributed by atoms with Crippen molar-refractivity contribution in [3.8, 4) is 0 Å². The third-order valence-electron chi connectivity index (χ3n) is 5.89. The van der Waals surface area contributed by atoms with Crippen molar-refractivity contribution in [2.45, 2.75) is 44.5 Å². The van der Waals surface area contributed by atoms with Crippen LogP contribution in [0, 0.1) is 28.6 Å². The molecule has 0 heterocycles. The number of rotatable bonds is 4. The fourth-order valence-corrected chi connectivity index (χ4v) is 6.20. The molecule has 0 radical (unpaired) electrons. The van der Waals surface area contributed by atoms with Crippen molar-refractivity contribution in [2.75, 3.05) is 4.43 Å². The van der Waals surface area contributed by atoms with Crippen LogP contribution in [0.2, 0.25) is 0 Å². The maximum atomic E-state index is 2.65. The molecule has 0 saturated heterocycles. The van der Waals surface area contributed by atoms with E-state index in [9.17, 15) is 0 Å². The average molecular weight is 432 g/mol. The van der Waals surface area contributed by atoms with Gasteiger partial charge in [0.25, 0.3) is 0 Å². The molecule has 0 nitrogen and oxygen atoms in total. The van der Waals surface area contributed by atoms with Gasteiger partial charge in [-0.3, -0.25) is 0 Å². The summed E-state index contributed by atoms with van der Waals surface area (Å²) in [5.41, 5.74) is 1.22. The lowest BCUT2D eigenvalue weighted by atomic mass is 9.69. The SMILES string of the molecule is CC[C@@](C)(C(C)I)[C@@]1(C)[C@@H]2[C@H](CI)C[C@H]21. The first-order valence-electron chi connectivity index (χ1n) is 6.13. The van der Waals surface area contributed by atoms with Crippen LogP contribution in [0.4, 0.5) is 0 Å². The molecule has 2 aliphatic carbocycles. The van der Waals surface area contributed by atoms with E-state index in [4.69, 9.17) is 0 Å². The number of alkyl halides is 2. The van der Waals surface area contributed by atoms with Crippen LogP contribution in [0.5, 0.6) is 0 Å². The van der Waals surface area contributed by atoms with Crippen LogP contribution in [0.25, 0.3) is 0 Å². The van der Waals surface area contributed by atoms with E-state index in [1.165, 1.54) is 17.3 Å². The largest absolute Gasteiger partial charge is 0.0861 e. The molecule has 6 atom stereocenters. The maximum Gasteiger partial charge on any atom is 0.0140 e. The van der Waals surface area contributed by atoms with Crippen LogP contribution < -0.4 is 0 Å². The van der Waals surface area contributed by atoms with Gasteiger partial charge in [0, 0.05) is 8.35 Å². The summed E-state index contributed by atoms with van der Waals surface area (Å²) in [7, 11) is 0. The highest BCUT2D eigenvalue weighted by atomic mass is 127. The fourth-order valence-electron chi connectivity index (χ4n) is 4.18. The second-order valence-electron chi connectivity index (χ2n) is 5.95. The Labute approximate surface area is 122 Å². The van der Waals surface area contributed by atoms with E-state index in [0.717, 1.165) is 21.7 Å². The van der Waals surface area contributed by atoms with Crippen molar-refractivity contribution < 1.29 is 0 Å². The van der Waals surface area contributed by atoms with Gasteiger partial charge < -0.3 is 0 Å². The van der Waals surface area contributed by atoms with Crippen molar-refractivity contribution in [1.29, 1.82) is 0 Å². The van der Waals surface area contributed by atoms with E-state index in [0.29, 0.717) is 10.8 Å². The minimum absolute atomic E-state index is 0.559. The van der Waals surface area contributed by atoms with Gasteiger partial charge in [-0.05, 0) is 41.4 Å². The van der Waals surface area contributed by atoms with Gasteiger partial charge in [-0.15, -0.1) is 0 Å². The molecule has 0 spiro atoms. The predicted octanol–water partition coefficient (Wildman–Crippen LogP) is 4.93. The molecule has 0 aromatic heterocycles. The van der Waals surface area contributed by atoms with Crippen LogP contribution in [0.1, 0.15) is 40.5 Å². The lowest BCUT2D eigenvalue weighted by molar-refractivity contribution is 0.155. The first-order chi connectivity index (χ1) is 6.93. The molecule has 15 heavy (non-hydrogen) atoms. The molecule has 2 aliphatic rings. The second-order valence-corrected chi connectivity index (χ2v) is 8.70. The molecule has 0 aromatic rings. The van der Waals surface area contributed by atoms with Gasteiger partial charge in [-0.2, -0.15) is 0 Å². The third kappa shape index (κ3) is 1.48. The highest BCUT2D eigenvalue weighted by Gasteiger charge is 2.76. The van der Waals surface area contributed by atoms with Crippen LogP contribution in [0.3, 0.4) is 0 Å². The zero-order valence-corrected chi connectivity index (χ0v) is 14.5. The third-order valence-corrected chi connectivity index (χ3v) is 8.40. The van der Waals surface area contributed by atoms with E-state index < -0.39 is 0 Å². The molecular weight excluding hydrogens is 410 g/mol. The van der Waals surface area contributed by atoms with E-state index in [1.54, 1.807) is 0 Å². The van der Waals surface area contributed by atoms with Crippen LogP contribution in [-0.2, 0) is 0 Å². The Bertz CT molecular complexity index is 263. The Morgan fingerprint density at radius 2 is 2.13 bits per heavy atom. The van der Waals surface area contributed by atoms with E-state index in [1.807, 2.05) is 0 Å². The number of fused-ring (bicyclic) bond motifs is 1. The first kappa shape index (κ1) is 12.9. The molecule has 0 amide bonds. The van der Waals surface area contributed by atoms with Crippen molar-refractivity contribution in [2.24, 2.45) is 28.6 Å². The lowest BCUT2D eigenvalue weighted by Crippen LogP contribution is -2.35. The van der Waals surface area contributed by atoms with E-state index in [2.05, 4.69) is 72.9 Å². The Morgan fingerprint density at radius 1 is 1.53 bits per heavy atom. The molecule has 2 fully saturated rings. The van der Waals surface area contributed by atoms with Crippen molar-refractivity contribution in [3.63, 3.8) is 0 Å². The monoisotopic (exact) mass is 432 g/mol. The van der Waals surface area contributed by atoms with Gasteiger partial charge in [0.2, 0.25) is 0 Å². The molecule has 0 aliphatic heterocycles. The number of hydrogen-bond acceptors (Lipinski definition) is 0. The molecule has 1 unspecified atom stereocenters. The number of hydrogen-bond donors (Lipinski definition) is 0. The Balaban J connectivity index is 2.18. The Hall–Kier alpha value is 1.46. The summed E-state index contributed by atoms with van der Waals surface area (Å²) >= 11 is 5.23. The lowest BCUT2D eigenvalue weighted by Gasteiger charge is -2.39. The van der Waals surface area contributed by atoms with Gasteiger partial charge in [-0.1, -0.05) is 72.9 Å². The number of halogens is 2. The van der Waals surface area contributed by atoms with E-state index in [-0.39, 0.29) is 0 Å². The molecule has 88 valence electrons. The van der Waals surface area contributed by atoms with Crippen LogP contribution >= 0.6 is 45.2 Å². The maximum absolute atomic E-state index is 2.65. The molecule has 0 aromatic carbocycles. The van der Waals surface area contributed by atoms with Crippen molar-refractivity contribution >= 4 is 45.2 Å². The normalized spacial score (nSPS) is 48.8. The molecule has 0 N–H and O–H groups in total. The summed E-state index contributed by atoms with van der Waals surface area (Å²) in [6.07, 6.45) is 2.86. The topological polar surface area (TPSA) is 0 Å². The minimum Gasteiger partial charge on any atom is -0.0861 e. The highest BCUT2D eigenvalue weighted by Crippen LogP contribution is 2.80. The van der Waals surface area contributed by atoms with E-state index >= 15 is 0 Å². The highest BCUT2D eigenvalue weighted by molar-refractivity contribution is 14.1. The van der Waals surface area contributed by atoms with Gasteiger partial charge >= 0.3 is 0 Å². The zero-order chi connectivity index (χ0) is 11.4. The molecule has 0 bridgehead atoms. The van der Waals surface area contributed by atoms with Crippen molar-refractivity contribution in [3.05, 3.63) is 0 Å². The summed E-state index contributed by atoms with van der Waals surface area (Å²) in [5.74, 6) is 3.18. The van der Waals surface area contributed by atoms with Crippen LogP contribution in [0.15, 0.2) is 0 Å². The fraction of sp³-hybridized carbons (Fsp3) is 1.00. The minimum atomic E-state index is 0.559. The van der Waals surface area contributed by atoms with Crippen molar-refractivity contribution in [1.82, 2.24) is 0 Å². The Kier molecular flexibility index (Phi) is 3.43. The second kappa shape index (κ2) is 3.99.